The van der Waals surface area contributed by atoms with Crippen molar-refractivity contribution >= 4 is 29.0 Å². The van der Waals surface area contributed by atoms with Gasteiger partial charge in [0.05, 0.1) is 22.1 Å². The zero-order chi connectivity index (χ0) is 15.8. The number of carboxylic acids is 1. The highest BCUT2D eigenvalue weighted by Gasteiger charge is 2.06. The Morgan fingerprint density at radius 1 is 1.18 bits per heavy atom. The number of nitrogens with zero attached hydrogens (tertiary/aromatic N) is 2. The number of benzene rings is 1. The first-order valence-electron chi connectivity index (χ1n) is 6.85. The number of aliphatic carboxylic acids is 1. The summed E-state index contributed by atoms with van der Waals surface area (Å²) in [5, 5.41) is 15.4. The second kappa shape index (κ2) is 8.14. The van der Waals surface area contributed by atoms with E-state index in [0.717, 1.165) is 0 Å². The van der Waals surface area contributed by atoms with Gasteiger partial charge >= 0.3 is 0 Å². The average molecular weight is 317 g/mol. The lowest BCUT2D eigenvalue weighted by molar-refractivity contribution is -0.305. The molecule has 0 aliphatic heterocycles. The molecule has 0 aliphatic carbocycles. The summed E-state index contributed by atoms with van der Waals surface area (Å²) in [6.45, 7) is 0. The van der Waals surface area contributed by atoms with Gasteiger partial charge in [-0.1, -0.05) is 29.8 Å². The molecule has 6 heteroatoms. The highest BCUT2D eigenvalue weighted by molar-refractivity contribution is 6.33. The molecule has 0 bridgehead atoms. The standard InChI is InChI=1S/C16H16ClN3O2/c17-12-6-1-2-7-13(12)19-20-15(9-5-10-16(21)22)14-8-3-4-11-18-14/h1-4,6-8,11,19H,5,9-10H2,(H,21,22)/p-1. The normalized spacial score (nSPS) is 11.2. The number of pyridine rings is 1. The number of halogens is 1. The van der Waals surface area contributed by atoms with E-state index in [-0.39, 0.29) is 6.42 Å². The van der Waals surface area contributed by atoms with Crippen LogP contribution in [0, 0.1) is 0 Å². The summed E-state index contributed by atoms with van der Waals surface area (Å²) >= 11 is 6.07. The van der Waals surface area contributed by atoms with E-state index in [0.29, 0.717) is 35.0 Å². The summed E-state index contributed by atoms with van der Waals surface area (Å²) in [6, 6.07) is 12.7. The van der Waals surface area contributed by atoms with Gasteiger partial charge < -0.3 is 9.90 Å². The molecule has 1 aromatic heterocycles. The van der Waals surface area contributed by atoms with Crippen molar-refractivity contribution in [3.05, 3.63) is 59.4 Å². The van der Waals surface area contributed by atoms with Crippen LogP contribution in [0.3, 0.4) is 0 Å². The topological polar surface area (TPSA) is 77.4 Å². The Labute approximate surface area is 133 Å². The minimum atomic E-state index is -1.07. The quantitative estimate of drug-likeness (QED) is 0.629. The van der Waals surface area contributed by atoms with Gasteiger partial charge in [0.1, 0.15) is 0 Å². The van der Waals surface area contributed by atoms with Crippen LogP contribution in [0.1, 0.15) is 25.0 Å². The van der Waals surface area contributed by atoms with Crippen molar-refractivity contribution in [2.75, 3.05) is 5.43 Å². The van der Waals surface area contributed by atoms with Gasteiger partial charge in [0, 0.05) is 12.2 Å². The van der Waals surface area contributed by atoms with Crippen LogP contribution in [0.4, 0.5) is 5.69 Å². The molecular formula is C16H15ClN3O2-. The molecule has 22 heavy (non-hydrogen) atoms. The van der Waals surface area contributed by atoms with Crippen LogP contribution in [0.15, 0.2) is 53.8 Å². The molecular weight excluding hydrogens is 302 g/mol. The molecule has 2 aromatic rings. The van der Waals surface area contributed by atoms with Crippen molar-refractivity contribution in [1.29, 1.82) is 0 Å². The SMILES string of the molecule is O=C([O-])CCCC(=NNc1ccccc1Cl)c1ccccn1. The van der Waals surface area contributed by atoms with Crippen molar-refractivity contribution in [3.8, 4) is 0 Å². The number of carbonyl (C=O) groups is 1. The smallest absolute Gasteiger partial charge is 0.0863 e. The molecule has 2 rings (SSSR count). The summed E-state index contributed by atoms with van der Waals surface area (Å²) in [5.74, 6) is -1.07. The van der Waals surface area contributed by atoms with Crippen LogP contribution in [-0.4, -0.2) is 16.7 Å². The maximum Gasteiger partial charge on any atom is 0.0863 e. The summed E-state index contributed by atoms with van der Waals surface area (Å²) < 4.78 is 0. The van der Waals surface area contributed by atoms with Crippen LogP contribution in [-0.2, 0) is 4.79 Å². The largest absolute Gasteiger partial charge is 0.550 e. The number of para-hydroxylation sites is 1. The Morgan fingerprint density at radius 3 is 2.64 bits per heavy atom. The van der Waals surface area contributed by atoms with Gasteiger partial charge in [-0.25, -0.2) is 0 Å². The van der Waals surface area contributed by atoms with E-state index in [1.165, 1.54) is 0 Å². The van der Waals surface area contributed by atoms with Gasteiger partial charge in [-0.15, -0.1) is 0 Å². The molecule has 0 unspecified atom stereocenters. The van der Waals surface area contributed by atoms with Gasteiger partial charge in [-0.05, 0) is 43.5 Å². The van der Waals surface area contributed by atoms with Crippen LogP contribution in [0.25, 0.3) is 0 Å². The minimum absolute atomic E-state index is 0.0159. The lowest BCUT2D eigenvalue weighted by Gasteiger charge is -2.08. The van der Waals surface area contributed by atoms with Gasteiger partial charge in [-0.3, -0.25) is 10.4 Å². The van der Waals surface area contributed by atoms with Gasteiger partial charge in [-0.2, -0.15) is 5.10 Å². The summed E-state index contributed by atoms with van der Waals surface area (Å²) in [4.78, 5) is 14.8. The Balaban J connectivity index is 2.14. The van der Waals surface area contributed by atoms with E-state index in [4.69, 9.17) is 11.6 Å². The van der Waals surface area contributed by atoms with Gasteiger partial charge in [0.15, 0.2) is 0 Å². The Bertz CT molecular complexity index is 659. The zero-order valence-corrected chi connectivity index (χ0v) is 12.6. The molecule has 1 aromatic carbocycles. The molecule has 0 saturated heterocycles. The molecule has 0 fully saturated rings. The second-order valence-corrected chi connectivity index (χ2v) is 5.00. The van der Waals surface area contributed by atoms with E-state index >= 15 is 0 Å². The van der Waals surface area contributed by atoms with Gasteiger partial charge in [0.25, 0.3) is 0 Å². The van der Waals surface area contributed by atoms with Crippen molar-refractivity contribution in [1.82, 2.24) is 4.98 Å². The van der Waals surface area contributed by atoms with Crippen LogP contribution in [0.5, 0.6) is 0 Å². The van der Waals surface area contributed by atoms with Crippen LogP contribution < -0.4 is 10.5 Å². The van der Waals surface area contributed by atoms with Crippen molar-refractivity contribution in [2.45, 2.75) is 19.3 Å². The van der Waals surface area contributed by atoms with Crippen LogP contribution >= 0.6 is 11.6 Å². The molecule has 0 aliphatic rings. The minimum Gasteiger partial charge on any atom is -0.550 e. The van der Waals surface area contributed by atoms with E-state index in [9.17, 15) is 9.90 Å². The van der Waals surface area contributed by atoms with Crippen molar-refractivity contribution < 1.29 is 9.90 Å². The maximum atomic E-state index is 10.5. The summed E-state index contributed by atoms with van der Waals surface area (Å²) in [6.07, 6.45) is 2.56. The highest BCUT2D eigenvalue weighted by Crippen LogP contribution is 2.20. The number of aromatic nitrogens is 1. The van der Waals surface area contributed by atoms with E-state index in [1.807, 2.05) is 36.4 Å². The summed E-state index contributed by atoms with van der Waals surface area (Å²) in [7, 11) is 0. The Kier molecular flexibility index (Phi) is 5.91. The van der Waals surface area contributed by atoms with E-state index in [2.05, 4.69) is 15.5 Å². The highest BCUT2D eigenvalue weighted by atomic mass is 35.5. The fourth-order valence-corrected chi connectivity index (χ4v) is 2.03. The van der Waals surface area contributed by atoms with Crippen molar-refractivity contribution in [2.24, 2.45) is 5.10 Å². The molecule has 114 valence electrons. The number of hydrogen-bond acceptors (Lipinski definition) is 5. The molecule has 5 nitrogen and oxygen atoms in total. The zero-order valence-electron chi connectivity index (χ0n) is 11.8. The maximum absolute atomic E-state index is 10.5. The lowest BCUT2D eigenvalue weighted by Crippen LogP contribution is -2.22. The number of rotatable bonds is 7. The molecule has 0 radical (unpaired) electrons. The number of nitrogens with one attached hydrogen (secondary N) is 1. The molecule has 1 heterocycles. The first-order valence-corrected chi connectivity index (χ1v) is 7.23. The van der Waals surface area contributed by atoms with Crippen molar-refractivity contribution in [3.63, 3.8) is 0 Å². The Hall–Kier alpha value is -2.40. The molecule has 0 atom stereocenters. The van der Waals surface area contributed by atoms with Gasteiger partial charge in [0.2, 0.25) is 0 Å². The third-order valence-electron chi connectivity index (χ3n) is 2.94. The first kappa shape index (κ1) is 16.0. The fraction of sp³-hybridized carbons (Fsp3) is 0.188. The Morgan fingerprint density at radius 2 is 1.95 bits per heavy atom. The number of hydrazone groups is 1. The number of carboxylic acid groups (broad SMARTS) is 1. The lowest BCUT2D eigenvalue weighted by atomic mass is 10.1. The third-order valence-corrected chi connectivity index (χ3v) is 3.27. The number of carbonyl (C=O) groups excluding carboxylic acids is 1. The second-order valence-electron chi connectivity index (χ2n) is 4.59. The molecule has 0 amide bonds. The monoisotopic (exact) mass is 316 g/mol. The third kappa shape index (κ3) is 4.86. The van der Waals surface area contributed by atoms with E-state index < -0.39 is 5.97 Å². The molecule has 1 N–H and O–H groups in total. The van der Waals surface area contributed by atoms with Crippen LogP contribution in [0.2, 0.25) is 5.02 Å². The first-order chi connectivity index (χ1) is 10.7. The number of hydrogen-bond donors (Lipinski definition) is 1. The predicted octanol–water partition coefficient (Wildman–Crippen LogP) is 2.47. The average Bonchev–Trinajstić information content (AvgIpc) is 2.52. The fourth-order valence-electron chi connectivity index (χ4n) is 1.85. The summed E-state index contributed by atoms with van der Waals surface area (Å²) in [5.41, 5.74) is 4.94. The molecule has 0 saturated carbocycles. The predicted molar refractivity (Wildman–Crippen MR) is 84.7 cm³/mol. The number of anilines is 1. The molecule has 0 spiro atoms. The van der Waals surface area contributed by atoms with E-state index in [1.54, 1.807) is 12.3 Å².